The Morgan fingerprint density at radius 1 is 0.481 bits per heavy atom. The number of hydrogen-bond acceptors (Lipinski definition) is 19. The Morgan fingerprint density at radius 3 is 1.55 bits per heavy atom. The third kappa shape index (κ3) is 35.5. The van der Waals surface area contributed by atoms with Crippen LogP contribution in [0.1, 0.15) is 114 Å². The molecule has 1 unspecified atom stereocenters. The van der Waals surface area contributed by atoms with Crippen molar-refractivity contribution in [2.45, 2.75) is 158 Å². The van der Waals surface area contributed by atoms with Gasteiger partial charge in [0.2, 0.25) is 53.2 Å². The van der Waals surface area contributed by atoms with Gasteiger partial charge in [-0.3, -0.25) is 73.1 Å². The SMILES string of the molecule is CCOCCOCC(=O)CCCOCCOCC(=O)N[C@@H](CNC(=O)CCC1NC(=O)[C@@H](CCCN=C(N)N)CC(=O)[C@H](CCCCC(=N)N)NC(=O)[C@@H](CCCN=C(N)N)NC(=O)[C@H](CCCN=C(N)N)NC(=O)[C@H](Cc2ccc3ccccc3c2)NC(=O)[C@@H](Cc2ccccc2)NC1=O)C(N)=O. The number of ketones is 2. The molecule has 1 saturated heterocycles. The zero-order valence-electron chi connectivity index (χ0n) is 59.1. The molecule has 35 heteroatoms. The molecular formula is C69H106N20O15. The number of primary amides is 1. The maximum Gasteiger partial charge on any atom is 0.246 e. The quantitative estimate of drug-likeness (QED) is 0.0153. The Morgan fingerprint density at radius 2 is 0.971 bits per heavy atom. The van der Waals surface area contributed by atoms with E-state index in [4.69, 9.17) is 70.2 Å². The summed E-state index contributed by atoms with van der Waals surface area (Å²) in [6, 6.07) is 10.9. The van der Waals surface area contributed by atoms with Gasteiger partial charge >= 0.3 is 0 Å². The molecule has 104 heavy (non-hydrogen) atoms. The van der Waals surface area contributed by atoms with Crippen molar-refractivity contribution in [3.63, 3.8) is 0 Å². The third-order valence-electron chi connectivity index (χ3n) is 16.3. The van der Waals surface area contributed by atoms with Gasteiger partial charge in [0.15, 0.2) is 29.4 Å². The van der Waals surface area contributed by atoms with E-state index in [2.05, 4.69) is 57.5 Å². The molecule has 0 aliphatic carbocycles. The summed E-state index contributed by atoms with van der Waals surface area (Å²) in [6.45, 7) is 2.26. The van der Waals surface area contributed by atoms with E-state index in [1.54, 1.807) is 36.4 Å². The van der Waals surface area contributed by atoms with Gasteiger partial charge in [-0.2, -0.15) is 0 Å². The fourth-order valence-electron chi connectivity index (χ4n) is 10.9. The van der Waals surface area contributed by atoms with Crippen molar-refractivity contribution in [1.82, 2.24) is 42.5 Å². The van der Waals surface area contributed by atoms with Crippen molar-refractivity contribution in [2.75, 3.05) is 79.0 Å². The van der Waals surface area contributed by atoms with Gasteiger partial charge < -0.3 is 107 Å². The maximum atomic E-state index is 15.2. The highest BCUT2D eigenvalue weighted by atomic mass is 16.5. The first-order chi connectivity index (χ1) is 49.8. The number of Topliss-reactive ketones (excluding diaryl/α,β-unsaturated/α-hetero) is 2. The number of carbonyl (C=O) groups excluding carboxylic acids is 11. The monoisotopic (exact) mass is 1450 g/mol. The van der Waals surface area contributed by atoms with Crippen LogP contribution in [-0.4, -0.2) is 210 Å². The molecule has 8 atom stereocenters. The minimum absolute atomic E-state index is 0.000926. The highest BCUT2D eigenvalue weighted by molar-refractivity contribution is 5.99. The molecular weight excluding hydrogens is 1350 g/mol. The summed E-state index contributed by atoms with van der Waals surface area (Å²) >= 11 is 0. The number of hydrogen-bond donors (Lipinski definition) is 17. The molecule has 1 aliphatic rings. The first kappa shape index (κ1) is 86.0. The maximum absolute atomic E-state index is 15.2. The van der Waals surface area contributed by atoms with Crippen molar-refractivity contribution in [3.05, 3.63) is 83.9 Å². The highest BCUT2D eigenvalue weighted by Crippen LogP contribution is 2.21. The molecule has 0 bridgehead atoms. The molecule has 0 aromatic heterocycles. The molecule has 35 nitrogen and oxygen atoms in total. The van der Waals surface area contributed by atoms with Crippen LogP contribution in [0.15, 0.2) is 87.8 Å². The molecule has 1 heterocycles. The van der Waals surface area contributed by atoms with Gasteiger partial charge in [0.1, 0.15) is 49.5 Å². The zero-order chi connectivity index (χ0) is 76.2. The number of amides is 9. The van der Waals surface area contributed by atoms with Gasteiger partial charge in [0, 0.05) is 83.8 Å². The first-order valence-corrected chi connectivity index (χ1v) is 34.9. The molecule has 0 saturated carbocycles. The molecule has 9 amide bonds. The van der Waals surface area contributed by atoms with E-state index >= 15 is 19.2 Å². The predicted molar refractivity (Wildman–Crippen MR) is 389 cm³/mol. The van der Waals surface area contributed by atoms with Crippen LogP contribution in [0.2, 0.25) is 0 Å². The van der Waals surface area contributed by atoms with Crippen molar-refractivity contribution < 1.29 is 71.7 Å². The molecule has 25 N–H and O–H groups in total. The number of nitrogens with zero attached hydrogens (tertiary/aromatic N) is 3. The molecule has 0 radical (unpaired) electrons. The van der Waals surface area contributed by atoms with Crippen LogP contribution < -0.4 is 88.4 Å². The lowest BCUT2D eigenvalue weighted by Crippen LogP contribution is -2.60. The summed E-state index contributed by atoms with van der Waals surface area (Å²) in [7, 11) is 0. The number of nitrogens with one attached hydrogen (secondary N) is 9. The standard InChI is InChI=1S/C69H106N20O15/c1-2-101-32-34-103-41-48(90)19-13-31-102-33-35-104-42-59(93)83-55(60(72)94)40-82-58(92)27-26-52-64(98)88-53(37-43-14-4-3-5-15-43)66(100)89-54(38-44-24-25-45-16-6-7-17-46(45)36-44)65(99)87-51(22-12-30-81-69(77)78)63(97)86-50(21-11-29-80-68(75)76)62(96)84-49(20-8-9-23-57(70)71)56(91)39-47(61(95)85-52)18-10-28-79-67(73)74/h3-7,14-17,24-25,36,47,49-55H,2,8-13,18-23,26-35,37-42H2,1H3,(H3,70,71)(H2,72,94)(H,82,92)(H,83,93)(H,84,96)(H,85,95)(H,86,97)(H,87,99)(H,88,98)(H,89,100)(H4,73,74,79)(H4,75,76,80)(H4,77,78,81)/t47-,49-,50+,51-,52?,53+,54-,55-/m0/s1. The van der Waals surface area contributed by atoms with E-state index in [0.29, 0.717) is 43.8 Å². The van der Waals surface area contributed by atoms with Crippen LogP contribution in [-0.2, 0) is 84.5 Å². The van der Waals surface area contributed by atoms with Crippen LogP contribution in [0.4, 0.5) is 0 Å². The van der Waals surface area contributed by atoms with E-state index in [1.807, 2.05) is 43.3 Å². The number of ether oxygens (including phenoxy) is 4. The lowest BCUT2D eigenvalue weighted by Gasteiger charge is -2.28. The summed E-state index contributed by atoms with van der Waals surface area (Å²) in [6.07, 6.45) is -0.805. The Kier molecular flexibility index (Phi) is 40.1. The second-order valence-electron chi connectivity index (χ2n) is 24.8. The number of amidine groups is 1. The number of aliphatic imine (C=N–C) groups is 3. The lowest BCUT2D eigenvalue weighted by molar-refractivity contribution is -0.136. The average molecular weight is 1460 g/mol. The van der Waals surface area contributed by atoms with Crippen molar-refractivity contribution in [1.29, 1.82) is 5.41 Å². The van der Waals surface area contributed by atoms with Crippen LogP contribution in [0, 0.1) is 11.3 Å². The van der Waals surface area contributed by atoms with Crippen molar-refractivity contribution in [3.8, 4) is 0 Å². The largest absolute Gasteiger partial charge is 0.388 e. The fourth-order valence-corrected chi connectivity index (χ4v) is 10.9. The third-order valence-corrected chi connectivity index (χ3v) is 16.3. The number of benzene rings is 3. The van der Waals surface area contributed by atoms with Crippen LogP contribution in [0.3, 0.4) is 0 Å². The number of guanidine groups is 3. The van der Waals surface area contributed by atoms with E-state index < -0.39 is 140 Å². The summed E-state index contributed by atoms with van der Waals surface area (Å²) in [5.41, 5.74) is 46.3. The lowest BCUT2D eigenvalue weighted by atomic mass is 9.90. The minimum atomic E-state index is -1.69. The molecule has 4 rings (SSSR count). The van der Waals surface area contributed by atoms with Gasteiger partial charge in [-0.05, 0) is 93.0 Å². The van der Waals surface area contributed by atoms with Gasteiger partial charge in [0.05, 0.1) is 38.3 Å². The summed E-state index contributed by atoms with van der Waals surface area (Å²) < 4.78 is 21.3. The molecule has 0 spiro atoms. The van der Waals surface area contributed by atoms with Gasteiger partial charge in [-0.1, -0.05) is 79.2 Å². The molecule has 1 fully saturated rings. The van der Waals surface area contributed by atoms with Crippen LogP contribution >= 0.6 is 0 Å². The van der Waals surface area contributed by atoms with Crippen LogP contribution in [0.25, 0.3) is 10.8 Å². The number of unbranched alkanes of at least 4 members (excludes halogenated alkanes) is 1. The second-order valence-corrected chi connectivity index (χ2v) is 24.8. The Bertz CT molecular complexity index is 3380. The normalized spacial score (nSPS) is 18.9. The summed E-state index contributed by atoms with van der Waals surface area (Å²) in [4.78, 5) is 169. The first-order valence-electron chi connectivity index (χ1n) is 34.9. The van der Waals surface area contributed by atoms with E-state index in [9.17, 15) is 33.6 Å². The van der Waals surface area contributed by atoms with Gasteiger partial charge in [-0.25, -0.2) is 0 Å². The predicted octanol–water partition coefficient (Wildman–Crippen LogP) is -2.92. The summed E-state index contributed by atoms with van der Waals surface area (Å²) in [5.74, 6) is -11.0. The number of nitrogens with two attached hydrogens (primary N) is 8. The molecule has 1 aliphatic heterocycles. The minimum Gasteiger partial charge on any atom is -0.388 e. The van der Waals surface area contributed by atoms with E-state index in [1.165, 1.54) is 0 Å². The van der Waals surface area contributed by atoms with E-state index in [0.717, 1.165) is 10.8 Å². The number of carbonyl (C=O) groups is 11. The average Bonchev–Trinajstić information content (AvgIpc) is 0.955. The molecule has 3 aromatic rings. The zero-order valence-corrected chi connectivity index (χ0v) is 59.1. The van der Waals surface area contributed by atoms with Crippen molar-refractivity contribution in [2.24, 2.45) is 66.8 Å². The van der Waals surface area contributed by atoms with Crippen molar-refractivity contribution >= 4 is 99.2 Å². The molecule has 572 valence electrons. The van der Waals surface area contributed by atoms with E-state index in [-0.39, 0.29) is 153 Å². The van der Waals surface area contributed by atoms with Gasteiger partial charge in [0.25, 0.3) is 0 Å². The Labute approximate surface area is 604 Å². The Balaban J connectivity index is 1.77. The van der Waals surface area contributed by atoms with Crippen LogP contribution in [0.5, 0.6) is 0 Å². The number of fused-ring (bicyclic) bond motifs is 1. The topological polar surface area (TPSA) is 590 Å². The summed E-state index contributed by atoms with van der Waals surface area (Å²) in [5, 5.41) is 31.0. The highest BCUT2D eigenvalue weighted by Gasteiger charge is 2.36. The molecule has 3 aromatic carbocycles. The Hall–Kier alpha value is -10.4. The second kappa shape index (κ2) is 48.5. The fraction of sp³-hybridized carbons (Fsp3) is 0.551. The van der Waals surface area contributed by atoms with Gasteiger partial charge in [-0.15, -0.1) is 0 Å². The number of rotatable bonds is 43. The smallest absolute Gasteiger partial charge is 0.246 e.